The number of primary amides is 1. The quantitative estimate of drug-likeness (QED) is 0.879. The maximum Gasteiger partial charge on any atom is 0.416 e. The molecule has 0 spiro atoms. The summed E-state index contributed by atoms with van der Waals surface area (Å²) < 4.78 is 38.7. The van der Waals surface area contributed by atoms with Gasteiger partial charge < -0.3 is 16.0 Å². The third-order valence-electron chi connectivity index (χ3n) is 4.18. The number of halogens is 3. The molecule has 2 rings (SSSR count). The van der Waals surface area contributed by atoms with E-state index in [4.69, 9.17) is 5.73 Å². The van der Waals surface area contributed by atoms with Crippen LogP contribution in [-0.2, 0) is 17.4 Å². The van der Waals surface area contributed by atoms with E-state index in [1.54, 1.807) is 11.0 Å². The highest BCUT2D eigenvalue weighted by Crippen LogP contribution is 2.31. The molecule has 1 aromatic rings. The summed E-state index contributed by atoms with van der Waals surface area (Å²) in [4.78, 5) is 24.7. The Bertz CT molecular complexity index is 596. The molecule has 0 atom stereocenters. The van der Waals surface area contributed by atoms with E-state index in [9.17, 15) is 22.8 Å². The summed E-state index contributed by atoms with van der Waals surface area (Å²) in [5, 5.41) is 2.63. The van der Waals surface area contributed by atoms with Gasteiger partial charge in [-0.25, -0.2) is 4.79 Å². The zero-order chi connectivity index (χ0) is 17.7. The standard InChI is InChI=1S/C16H20F3N3O2/c17-16(18,19)13-4-2-1-3-11(13)5-8-21-15(24)22-9-6-12(7-10-22)14(20)23/h1-4,12H,5-10H2,(H2,20,23)(H,21,24). The van der Waals surface area contributed by atoms with Gasteiger partial charge in [-0.3, -0.25) is 4.79 Å². The molecular weight excluding hydrogens is 323 g/mol. The molecule has 3 N–H and O–H groups in total. The SMILES string of the molecule is NC(=O)C1CCN(C(=O)NCCc2ccccc2C(F)(F)F)CC1. The van der Waals surface area contributed by atoms with Crippen LogP contribution in [0, 0.1) is 5.92 Å². The Balaban J connectivity index is 1.83. The Hall–Kier alpha value is -2.25. The van der Waals surface area contributed by atoms with Gasteiger partial charge >= 0.3 is 12.2 Å². The lowest BCUT2D eigenvalue weighted by molar-refractivity contribution is -0.138. The Morgan fingerprint density at radius 3 is 2.42 bits per heavy atom. The second-order valence-corrected chi connectivity index (χ2v) is 5.80. The van der Waals surface area contributed by atoms with E-state index in [1.807, 2.05) is 0 Å². The first kappa shape index (κ1) is 18.1. The highest BCUT2D eigenvalue weighted by atomic mass is 19.4. The summed E-state index contributed by atoms with van der Waals surface area (Å²) in [6.07, 6.45) is -3.28. The van der Waals surface area contributed by atoms with Crippen molar-refractivity contribution >= 4 is 11.9 Å². The van der Waals surface area contributed by atoms with Crippen LogP contribution in [0.2, 0.25) is 0 Å². The molecular formula is C16H20F3N3O2. The minimum Gasteiger partial charge on any atom is -0.369 e. The van der Waals surface area contributed by atoms with Gasteiger partial charge in [-0.05, 0) is 30.9 Å². The molecule has 0 saturated carbocycles. The van der Waals surface area contributed by atoms with Gasteiger partial charge in [-0.1, -0.05) is 18.2 Å². The third-order valence-corrected chi connectivity index (χ3v) is 4.18. The number of amides is 3. The summed E-state index contributed by atoms with van der Waals surface area (Å²) >= 11 is 0. The number of nitrogens with two attached hydrogens (primary N) is 1. The number of hydrogen-bond donors (Lipinski definition) is 2. The molecule has 132 valence electrons. The molecule has 1 aliphatic rings. The van der Waals surface area contributed by atoms with Crippen LogP contribution in [0.4, 0.5) is 18.0 Å². The van der Waals surface area contributed by atoms with Gasteiger partial charge in [0.2, 0.25) is 5.91 Å². The smallest absolute Gasteiger partial charge is 0.369 e. The van der Waals surface area contributed by atoms with Crippen LogP contribution in [0.5, 0.6) is 0 Å². The molecule has 0 bridgehead atoms. The second kappa shape index (κ2) is 7.55. The maximum atomic E-state index is 12.9. The Labute approximate surface area is 138 Å². The fourth-order valence-corrected chi connectivity index (χ4v) is 2.80. The van der Waals surface area contributed by atoms with Gasteiger partial charge in [0.05, 0.1) is 5.56 Å². The van der Waals surface area contributed by atoms with Crippen molar-refractivity contribution in [1.82, 2.24) is 10.2 Å². The van der Waals surface area contributed by atoms with E-state index in [-0.39, 0.29) is 36.4 Å². The number of nitrogens with one attached hydrogen (secondary N) is 1. The van der Waals surface area contributed by atoms with Crippen LogP contribution < -0.4 is 11.1 Å². The van der Waals surface area contributed by atoms with E-state index >= 15 is 0 Å². The van der Waals surface area contributed by atoms with Gasteiger partial charge in [0, 0.05) is 25.6 Å². The average Bonchev–Trinajstić information content (AvgIpc) is 2.54. The van der Waals surface area contributed by atoms with Crippen LogP contribution >= 0.6 is 0 Å². The van der Waals surface area contributed by atoms with Crippen LogP contribution in [0.1, 0.15) is 24.0 Å². The minimum absolute atomic E-state index is 0.0964. The zero-order valence-corrected chi connectivity index (χ0v) is 13.1. The summed E-state index contributed by atoms with van der Waals surface area (Å²) in [5.41, 5.74) is 4.70. The van der Waals surface area contributed by atoms with E-state index < -0.39 is 11.7 Å². The Kier molecular flexibility index (Phi) is 5.69. The van der Waals surface area contributed by atoms with E-state index in [0.29, 0.717) is 25.9 Å². The number of rotatable bonds is 4. The number of likely N-dealkylation sites (tertiary alicyclic amines) is 1. The van der Waals surface area contributed by atoms with Crippen molar-refractivity contribution < 1.29 is 22.8 Å². The summed E-state index contributed by atoms with van der Waals surface area (Å²) in [5.74, 6) is -0.577. The normalized spacial score (nSPS) is 16.0. The highest BCUT2D eigenvalue weighted by Gasteiger charge is 2.32. The average molecular weight is 343 g/mol. The first-order valence-corrected chi connectivity index (χ1v) is 7.76. The van der Waals surface area contributed by atoms with Crippen LogP contribution in [-0.4, -0.2) is 36.5 Å². The number of carbonyl (C=O) groups excluding carboxylic acids is 2. The lowest BCUT2D eigenvalue weighted by Gasteiger charge is -2.30. The predicted molar refractivity (Wildman–Crippen MR) is 82.0 cm³/mol. The van der Waals surface area contributed by atoms with E-state index in [0.717, 1.165) is 6.07 Å². The van der Waals surface area contributed by atoms with Crippen molar-refractivity contribution in [2.75, 3.05) is 19.6 Å². The van der Waals surface area contributed by atoms with E-state index in [1.165, 1.54) is 12.1 Å². The van der Waals surface area contributed by atoms with Crippen LogP contribution in [0.15, 0.2) is 24.3 Å². The molecule has 1 saturated heterocycles. The number of alkyl halides is 3. The Morgan fingerprint density at radius 2 is 1.83 bits per heavy atom. The second-order valence-electron chi connectivity index (χ2n) is 5.80. The number of urea groups is 1. The van der Waals surface area contributed by atoms with Crippen molar-refractivity contribution in [3.05, 3.63) is 35.4 Å². The predicted octanol–water partition coefficient (Wildman–Crippen LogP) is 2.15. The monoisotopic (exact) mass is 343 g/mol. The topological polar surface area (TPSA) is 75.4 Å². The molecule has 1 aromatic carbocycles. The lowest BCUT2D eigenvalue weighted by atomic mass is 9.96. The van der Waals surface area contributed by atoms with Crippen LogP contribution in [0.25, 0.3) is 0 Å². The fraction of sp³-hybridized carbons (Fsp3) is 0.500. The molecule has 1 fully saturated rings. The fourth-order valence-electron chi connectivity index (χ4n) is 2.80. The van der Waals surface area contributed by atoms with Gasteiger partial charge in [0.1, 0.15) is 0 Å². The molecule has 0 unspecified atom stereocenters. The number of hydrogen-bond acceptors (Lipinski definition) is 2. The van der Waals surface area contributed by atoms with Gasteiger partial charge in [-0.2, -0.15) is 13.2 Å². The van der Waals surface area contributed by atoms with Crippen molar-refractivity contribution in [2.24, 2.45) is 11.7 Å². The van der Waals surface area contributed by atoms with Crippen LogP contribution in [0.3, 0.4) is 0 Å². The third kappa shape index (κ3) is 4.62. The molecule has 24 heavy (non-hydrogen) atoms. The van der Waals surface area contributed by atoms with Gasteiger partial charge in [0.25, 0.3) is 0 Å². The first-order chi connectivity index (χ1) is 11.3. The summed E-state index contributed by atoms with van der Waals surface area (Å²) in [6, 6.07) is 5.00. The lowest BCUT2D eigenvalue weighted by Crippen LogP contribution is -2.46. The van der Waals surface area contributed by atoms with Gasteiger partial charge in [-0.15, -0.1) is 0 Å². The number of piperidine rings is 1. The Morgan fingerprint density at radius 1 is 1.21 bits per heavy atom. The van der Waals surface area contributed by atoms with E-state index in [2.05, 4.69) is 5.32 Å². The summed E-state index contributed by atoms with van der Waals surface area (Å²) in [6.45, 7) is 0.943. The molecule has 0 aromatic heterocycles. The molecule has 1 heterocycles. The van der Waals surface area contributed by atoms with Crippen molar-refractivity contribution in [1.29, 1.82) is 0 Å². The number of nitrogens with zero attached hydrogens (tertiary/aromatic N) is 1. The maximum absolute atomic E-state index is 12.9. The van der Waals surface area contributed by atoms with Crippen molar-refractivity contribution in [2.45, 2.75) is 25.4 Å². The van der Waals surface area contributed by atoms with Crippen molar-refractivity contribution in [3.63, 3.8) is 0 Å². The zero-order valence-electron chi connectivity index (χ0n) is 13.1. The summed E-state index contributed by atoms with van der Waals surface area (Å²) in [7, 11) is 0. The first-order valence-electron chi connectivity index (χ1n) is 7.76. The molecule has 5 nitrogen and oxygen atoms in total. The molecule has 1 aliphatic heterocycles. The molecule has 0 aliphatic carbocycles. The number of carbonyl (C=O) groups is 2. The molecule has 3 amide bonds. The van der Waals surface area contributed by atoms with Crippen molar-refractivity contribution in [3.8, 4) is 0 Å². The minimum atomic E-state index is -4.41. The van der Waals surface area contributed by atoms with Gasteiger partial charge in [0.15, 0.2) is 0 Å². The highest BCUT2D eigenvalue weighted by molar-refractivity contribution is 5.78. The molecule has 8 heteroatoms. The molecule has 0 radical (unpaired) electrons. The largest absolute Gasteiger partial charge is 0.416 e. The number of benzene rings is 1.